The first-order valence-corrected chi connectivity index (χ1v) is 16.5. The molecule has 48 heavy (non-hydrogen) atoms. The van der Waals surface area contributed by atoms with Gasteiger partial charge in [-0.1, -0.05) is 96.9 Å². The van der Waals surface area contributed by atoms with Gasteiger partial charge in [0, 0.05) is 5.75 Å². The number of allylic oxidation sites excluding steroid dienone is 2. The molecule has 0 radical (unpaired) electrons. The van der Waals surface area contributed by atoms with Crippen LogP contribution in [0.3, 0.4) is 0 Å². The van der Waals surface area contributed by atoms with E-state index in [1.165, 1.54) is 16.7 Å². The standard InChI is InChI=1S/C38H37N3O6S/c1-5-6-10-23-28-24-48-35-30(39-33(42)29(25-17-11-7-12-18-25)40-37(45)47-38(2,3)4)34(43)41(35)31(28)36(44)46-32(26-19-13-8-14-20-26)27-21-15-9-16-22-27/h7-23,29-30,32,35H,24H2,1-4H3,(H,39,42)(H,40,45)/t29-,30-,35-/m1/s1. The number of amides is 3. The summed E-state index contributed by atoms with van der Waals surface area (Å²) < 4.78 is 11.6. The van der Waals surface area contributed by atoms with Crippen molar-refractivity contribution in [3.05, 3.63) is 131 Å². The first-order chi connectivity index (χ1) is 23.1. The van der Waals surface area contributed by atoms with Crippen LogP contribution < -0.4 is 10.6 Å². The van der Waals surface area contributed by atoms with Gasteiger partial charge in [0.15, 0.2) is 6.10 Å². The molecule has 2 heterocycles. The molecule has 0 unspecified atom stereocenters. The number of rotatable bonds is 9. The van der Waals surface area contributed by atoms with Gasteiger partial charge in [0.2, 0.25) is 5.91 Å². The van der Waals surface area contributed by atoms with Crippen LogP contribution >= 0.6 is 11.8 Å². The first-order valence-electron chi connectivity index (χ1n) is 15.5. The van der Waals surface area contributed by atoms with E-state index in [2.05, 4.69) is 22.5 Å². The molecule has 3 aromatic carbocycles. The SMILES string of the molecule is CC#CC=CC1=C(C(=O)OC(c2ccccc2)c2ccccc2)N2C(=O)[C@@H](NC(=O)[C@H](NC(=O)OC(C)(C)C)c3ccccc3)[C@H]2SC1. The Morgan fingerprint density at radius 1 is 0.917 bits per heavy atom. The van der Waals surface area contributed by atoms with Crippen molar-refractivity contribution in [2.24, 2.45) is 0 Å². The van der Waals surface area contributed by atoms with Gasteiger partial charge in [-0.2, -0.15) is 0 Å². The van der Waals surface area contributed by atoms with Gasteiger partial charge in [0.1, 0.15) is 28.8 Å². The summed E-state index contributed by atoms with van der Waals surface area (Å²) in [6, 6.07) is 25.4. The smallest absolute Gasteiger partial charge is 0.408 e. The molecule has 10 heteroatoms. The van der Waals surface area contributed by atoms with E-state index >= 15 is 0 Å². The van der Waals surface area contributed by atoms with Crippen molar-refractivity contribution in [3.8, 4) is 11.8 Å². The molecule has 2 N–H and O–H groups in total. The molecule has 0 bridgehead atoms. The van der Waals surface area contributed by atoms with Crippen LogP contribution in [0.2, 0.25) is 0 Å². The van der Waals surface area contributed by atoms with Gasteiger partial charge in [0.05, 0.1) is 0 Å². The van der Waals surface area contributed by atoms with Crippen molar-refractivity contribution in [2.45, 2.75) is 56.9 Å². The number of hydrogen-bond donors (Lipinski definition) is 2. The number of carbonyl (C=O) groups is 4. The van der Waals surface area contributed by atoms with Gasteiger partial charge < -0.3 is 20.1 Å². The van der Waals surface area contributed by atoms with Gasteiger partial charge in [-0.3, -0.25) is 14.5 Å². The molecule has 2 aliphatic rings. The van der Waals surface area contributed by atoms with E-state index in [4.69, 9.17) is 9.47 Å². The average Bonchev–Trinajstić information content (AvgIpc) is 3.08. The minimum Gasteiger partial charge on any atom is -0.448 e. The number of fused-ring (bicyclic) bond motifs is 1. The molecular weight excluding hydrogens is 627 g/mol. The lowest BCUT2D eigenvalue weighted by molar-refractivity contribution is -0.154. The Morgan fingerprint density at radius 2 is 1.48 bits per heavy atom. The van der Waals surface area contributed by atoms with E-state index < -0.39 is 53.0 Å². The number of thioether (sulfide) groups is 1. The Balaban J connectivity index is 1.41. The Bertz CT molecular complexity index is 1740. The number of alkyl carbamates (subject to hydrolysis) is 1. The minimum atomic E-state index is -1.12. The normalized spacial score (nSPS) is 17.9. The molecule has 3 aromatic rings. The van der Waals surface area contributed by atoms with Crippen molar-refractivity contribution in [1.82, 2.24) is 15.5 Å². The van der Waals surface area contributed by atoms with Gasteiger partial charge in [-0.15, -0.1) is 17.7 Å². The fraction of sp³-hybridized carbons (Fsp3) is 0.263. The molecule has 1 fully saturated rings. The van der Waals surface area contributed by atoms with Crippen LogP contribution in [0.25, 0.3) is 0 Å². The molecule has 3 amide bonds. The number of esters is 1. The second kappa shape index (κ2) is 15.1. The third-order valence-electron chi connectivity index (χ3n) is 7.49. The van der Waals surface area contributed by atoms with Gasteiger partial charge in [-0.25, -0.2) is 9.59 Å². The summed E-state index contributed by atoms with van der Waals surface area (Å²) in [5.41, 5.74) is 1.97. The van der Waals surface area contributed by atoms with E-state index in [0.717, 1.165) is 11.1 Å². The van der Waals surface area contributed by atoms with Crippen molar-refractivity contribution in [3.63, 3.8) is 0 Å². The monoisotopic (exact) mass is 663 g/mol. The maximum absolute atomic E-state index is 14.1. The third-order valence-corrected chi connectivity index (χ3v) is 8.79. The highest BCUT2D eigenvalue weighted by molar-refractivity contribution is 8.00. The minimum absolute atomic E-state index is 0.103. The Morgan fingerprint density at radius 3 is 2.02 bits per heavy atom. The predicted octanol–water partition coefficient (Wildman–Crippen LogP) is 5.82. The van der Waals surface area contributed by atoms with Gasteiger partial charge in [0.25, 0.3) is 5.91 Å². The van der Waals surface area contributed by atoms with Crippen molar-refractivity contribution in [1.29, 1.82) is 0 Å². The third kappa shape index (κ3) is 7.99. The fourth-order valence-corrected chi connectivity index (χ4v) is 6.66. The number of hydrogen-bond acceptors (Lipinski definition) is 7. The largest absolute Gasteiger partial charge is 0.448 e. The number of ether oxygens (including phenoxy) is 2. The van der Waals surface area contributed by atoms with Crippen LogP contribution in [0.15, 0.2) is 114 Å². The van der Waals surface area contributed by atoms with Crippen molar-refractivity contribution in [2.75, 3.05) is 5.75 Å². The molecule has 0 spiro atoms. The van der Waals surface area contributed by atoms with Crippen LogP contribution in [-0.2, 0) is 23.9 Å². The molecule has 1 saturated heterocycles. The second-order valence-corrected chi connectivity index (χ2v) is 13.2. The topological polar surface area (TPSA) is 114 Å². The number of benzene rings is 3. The van der Waals surface area contributed by atoms with Crippen LogP contribution in [0.4, 0.5) is 4.79 Å². The lowest BCUT2D eigenvalue weighted by Gasteiger charge is -2.49. The molecule has 0 aliphatic carbocycles. The van der Waals surface area contributed by atoms with E-state index in [9.17, 15) is 19.2 Å². The van der Waals surface area contributed by atoms with Crippen LogP contribution in [-0.4, -0.2) is 51.5 Å². The predicted molar refractivity (Wildman–Crippen MR) is 184 cm³/mol. The molecule has 0 saturated carbocycles. The van der Waals surface area contributed by atoms with Gasteiger partial charge >= 0.3 is 12.1 Å². The van der Waals surface area contributed by atoms with Crippen LogP contribution in [0.1, 0.15) is 56.5 Å². The summed E-state index contributed by atoms with van der Waals surface area (Å²) >= 11 is 1.41. The maximum Gasteiger partial charge on any atom is 0.408 e. The molecule has 2 aliphatic heterocycles. The zero-order valence-electron chi connectivity index (χ0n) is 27.1. The number of nitrogens with one attached hydrogen (secondary N) is 2. The Labute approximate surface area is 284 Å². The van der Waals surface area contributed by atoms with Crippen LogP contribution in [0, 0.1) is 11.8 Å². The Kier molecular flexibility index (Phi) is 10.7. The summed E-state index contributed by atoms with van der Waals surface area (Å²) in [6.07, 6.45) is 1.85. The van der Waals surface area contributed by atoms with Crippen molar-refractivity contribution < 1.29 is 28.7 Å². The zero-order chi connectivity index (χ0) is 34.3. The lowest BCUT2D eigenvalue weighted by atomic mass is 9.99. The number of β-lactam (4-membered cyclic amide) rings is 1. The number of carbonyl (C=O) groups excluding carboxylic acids is 4. The summed E-state index contributed by atoms with van der Waals surface area (Å²) in [4.78, 5) is 55.7. The molecule has 246 valence electrons. The summed E-state index contributed by atoms with van der Waals surface area (Å²) in [5.74, 6) is 4.30. The lowest BCUT2D eigenvalue weighted by Crippen LogP contribution is -2.71. The Hall–Kier alpha value is -5.27. The van der Waals surface area contributed by atoms with Crippen LogP contribution in [0.5, 0.6) is 0 Å². The second-order valence-electron chi connectivity index (χ2n) is 12.1. The molecule has 5 rings (SSSR count). The summed E-state index contributed by atoms with van der Waals surface area (Å²) in [7, 11) is 0. The van der Waals surface area contributed by atoms with E-state index in [1.807, 2.05) is 60.7 Å². The van der Waals surface area contributed by atoms with E-state index in [0.29, 0.717) is 16.9 Å². The van der Waals surface area contributed by atoms with E-state index in [1.54, 1.807) is 70.2 Å². The quantitative estimate of drug-likeness (QED) is 0.169. The highest BCUT2D eigenvalue weighted by atomic mass is 32.2. The molecular formula is C38H37N3O6S. The molecule has 0 aromatic heterocycles. The highest BCUT2D eigenvalue weighted by Crippen LogP contribution is 2.42. The number of nitrogens with zero attached hydrogens (tertiary/aromatic N) is 1. The summed E-state index contributed by atoms with van der Waals surface area (Å²) in [6.45, 7) is 6.88. The molecule has 3 atom stereocenters. The van der Waals surface area contributed by atoms with Gasteiger partial charge in [-0.05, 0) is 62.1 Å². The maximum atomic E-state index is 14.1. The fourth-order valence-electron chi connectivity index (χ4n) is 5.34. The van der Waals surface area contributed by atoms with Crippen molar-refractivity contribution >= 4 is 35.6 Å². The highest BCUT2D eigenvalue weighted by Gasteiger charge is 2.55. The molecule has 9 nitrogen and oxygen atoms in total. The first kappa shape index (κ1) is 34.1. The average molecular weight is 664 g/mol. The zero-order valence-corrected chi connectivity index (χ0v) is 28.0. The van der Waals surface area contributed by atoms with E-state index in [-0.39, 0.29) is 5.70 Å². The summed E-state index contributed by atoms with van der Waals surface area (Å²) in [5, 5.41) is 4.87.